The van der Waals surface area contributed by atoms with Crippen LogP contribution in [-0.4, -0.2) is 69.1 Å². The number of hydrogen-bond donors (Lipinski definition) is 4. The molecule has 1 saturated heterocycles. The lowest BCUT2D eigenvalue weighted by molar-refractivity contribution is -0.139. The molecule has 7 atom stereocenters. The van der Waals surface area contributed by atoms with Gasteiger partial charge in [-0.2, -0.15) is 0 Å². The quantitative estimate of drug-likeness (QED) is 0.0624. The predicted molar refractivity (Wildman–Crippen MR) is 168 cm³/mol. The number of ether oxygens (including phenoxy) is 2. The van der Waals surface area contributed by atoms with Gasteiger partial charge in [-0.3, -0.25) is 0 Å². The number of carbonyl (C=O) groups is 1. The van der Waals surface area contributed by atoms with Crippen molar-refractivity contribution in [1.82, 2.24) is 0 Å². The number of carbonyl (C=O) groups excluding carboxylic acids is 1. The smallest absolute Gasteiger partial charge is 0.334 e. The Kier molecular flexibility index (Phi) is 19.9. The Bertz CT molecular complexity index is 726. The van der Waals surface area contributed by atoms with Crippen LogP contribution in [0, 0.1) is 0 Å². The molecular formula is C35H64O7. The zero-order valence-electron chi connectivity index (χ0n) is 26.9. The molecule has 2 rings (SSSR count). The minimum absolute atomic E-state index is 0.168. The molecule has 0 aliphatic carbocycles. The van der Waals surface area contributed by atoms with Gasteiger partial charge in [-0.15, -0.1) is 0 Å². The van der Waals surface area contributed by atoms with E-state index in [0.29, 0.717) is 37.7 Å². The molecule has 0 amide bonds. The number of unbranched alkanes of at least 4 members (excludes halogenated alkanes) is 13. The number of hydrogen-bond acceptors (Lipinski definition) is 7. The summed E-state index contributed by atoms with van der Waals surface area (Å²) in [6.07, 6.45) is 22.4. The first kappa shape index (κ1) is 37.2. The molecule has 1 fully saturated rings. The lowest BCUT2D eigenvalue weighted by Crippen LogP contribution is -2.31. The SMILES string of the molecule is CCCCCCCCCCCCC(O)C(O)CC[C@H](O)C1CCC(CCCCCCC[C@@H](O)CC2=C[C@H](C)OC2=O)O1. The highest BCUT2D eigenvalue weighted by atomic mass is 16.5. The van der Waals surface area contributed by atoms with E-state index in [0.717, 1.165) is 64.2 Å². The third kappa shape index (κ3) is 16.2. The van der Waals surface area contributed by atoms with Crippen LogP contribution in [0.1, 0.15) is 162 Å². The molecule has 4 N–H and O–H groups in total. The van der Waals surface area contributed by atoms with Crippen molar-refractivity contribution < 1.29 is 34.7 Å². The maximum atomic E-state index is 11.7. The number of aliphatic hydroxyl groups is 4. The predicted octanol–water partition coefficient (Wildman–Crippen LogP) is 7.06. The van der Waals surface area contributed by atoms with Crippen molar-refractivity contribution in [2.75, 3.05) is 0 Å². The summed E-state index contributed by atoms with van der Waals surface area (Å²) in [5, 5.41) is 41.6. The summed E-state index contributed by atoms with van der Waals surface area (Å²) in [6, 6.07) is 0. The fourth-order valence-electron chi connectivity index (χ4n) is 6.40. The van der Waals surface area contributed by atoms with E-state index >= 15 is 0 Å². The summed E-state index contributed by atoms with van der Waals surface area (Å²) in [6.45, 7) is 4.07. The van der Waals surface area contributed by atoms with Gasteiger partial charge in [0, 0.05) is 12.0 Å². The average Bonchev–Trinajstić information content (AvgIpc) is 3.57. The molecule has 7 nitrogen and oxygen atoms in total. The van der Waals surface area contributed by atoms with Gasteiger partial charge in [0.25, 0.3) is 0 Å². The van der Waals surface area contributed by atoms with Crippen molar-refractivity contribution in [2.24, 2.45) is 0 Å². The standard InChI is InChI=1S/C35H64O7/c1-3-4-5-6-7-8-9-10-14-17-20-31(37)32(38)22-23-33(39)34-24-21-30(42-34)19-16-13-11-12-15-18-29(36)26-28-25-27(2)41-35(28)40/h25,27,29-34,36-39H,3-24,26H2,1-2H3/t27-,29+,30?,31?,32?,33-,34?/m0/s1. The largest absolute Gasteiger partial charge is 0.455 e. The highest BCUT2D eigenvalue weighted by Gasteiger charge is 2.31. The molecule has 0 radical (unpaired) electrons. The van der Waals surface area contributed by atoms with Gasteiger partial charge in [0.1, 0.15) is 6.10 Å². The first-order valence-corrected chi connectivity index (χ1v) is 17.6. The maximum Gasteiger partial charge on any atom is 0.334 e. The minimum Gasteiger partial charge on any atom is -0.455 e. The second-order valence-electron chi connectivity index (χ2n) is 13.1. The van der Waals surface area contributed by atoms with Crippen LogP contribution in [0.5, 0.6) is 0 Å². The zero-order valence-corrected chi connectivity index (χ0v) is 26.9. The number of cyclic esters (lactones) is 1. The van der Waals surface area contributed by atoms with E-state index < -0.39 is 24.4 Å². The Morgan fingerprint density at radius 3 is 1.93 bits per heavy atom. The van der Waals surface area contributed by atoms with Crippen LogP contribution in [0.2, 0.25) is 0 Å². The lowest BCUT2D eigenvalue weighted by atomic mass is 9.97. The van der Waals surface area contributed by atoms with Crippen molar-refractivity contribution in [2.45, 2.75) is 204 Å². The van der Waals surface area contributed by atoms with Gasteiger partial charge in [-0.05, 0) is 57.9 Å². The van der Waals surface area contributed by atoms with E-state index in [-0.39, 0.29) is 24.3 Å². The summed E-state index contributed by atoms with van der Waals surface area (Å²) >= 11 is 0. The van der Waals surface area contributed by atoms with Gasteiger partial charge in [0.05, 0.1) is 36.6 Å². The molecule has 42 heavy (non-hydrogen) atoms. The third-order valence-corrected chi connectivity index (χ3v) is 9.14. The topological polar surface area (TPSA) is 116 Å². The van der Waals surface area contributed by atoms with E-state index in [9.17, 15) is 25.2 Å². The van der Waals surface area contributed by atoms with Gasteiger partial charge in [-0.1, -0.05) is 103 Å². The molecule has 2 aliphatic heterocycles. The Balaban J connectivity index is 1.42. The first-order chi connectivity index (χ1) is 20.3. The second kappa shape index (κ2) is 22.5. The van der Waals surface area contributed by atoms with Gasteiger partial charge < -0.3 is 29.9 Å². The van der Waals surface area contributed by atoms with E-state index in [1.807, 2.05) is 6.92 Å². The monoisotopic (exact) mass is 596 g/mol. The molecule has 7 heteroatoms. The molecule has 4 unspecified atom stereocenters. The highest BCUT2D eigenvalue weighted by Crippen LogP contribution is 2.28. The van der Waals surface area contributed by atoms with Crippen LogP contribution in [-0.2, 0) is 14.3 Å². The fourth-order valence-corrected chi connectivity index (χ4v) is 6.40. The van der Waals surface area contributed by atoms with Crippen LogP contribution in [0.3, 0.4) is 0 Å². The molecule has 0 spiro atoms. The van der Waals surface area contributed by atoms with Crippen molar-refractivity contribution in [3.05, 3.63) is 11.6 Å². The van der Waals surface area contributed by atoms with E-state index in [1.54, 1.807) is 6.08 Å². The lowest BCUT2D eigenvalue weighted by Gasteiger charge is -2.22. The van der Waals surface area contributed by atoms with Crippen molar-refractivity contribution >= 4 is 5.97 Å². The summed E-state index contributed by atoms with van der Waals surface area (Å²) in [7, 11) is 0. The Morgan fingerprint density at radius 1 is 0.738 bits per heavy atom. The van der Waals surface area contributed by atoms with Gasteiger partial charge in [0.15, 0.2) is 0 Å². The molecule has 0 aromatic heterocycles. The second-order valence-corrected chi connectivity index (χ2v) is 13.1. The summed E-state index contributed by atoms with van der Waals surface area (Å²) in [4.78, 5) is 11.7. The maximum absolute atomic E-state index is 11.7. The van der Waals surface area contributed by atoms with Crippen LogP contribution in [0.4, 0.5) is 0 Å². The van der Waals surface area contributed by atoms with Crippen molar-refractivity contribution in [3.8, 4) is 0 Å². The zero-order chi connectivity index (χ0) is 30.6. The Labute approximate surface area is 256 Å². The number of aliphatic hydroxyl groups excluding tert-OH is 4. The minimum atomic E-state index is -0.781. The summed E-state index contributed by atoms with van der Waals surface area (Å²) in [5.41, 5.74) is 0.600. The number of rotatable bonds is 26. The summed E-state index contributed by atoms with van der Waals surface area (Å²) in [5.74, 6) is -0.295. The van der Waals surface area contributed by atoms with Crippen LogP contribution in [0.25, 0.3) is 0 Å². The Hall–Kier alpha value is -0.990. The van der Waals surface area contributed by atoms with E-state index in [1.165, 1.54) is 51.4 Å². The molecule has 2 heterocycles. The van der Waals surface area contributed by atoms with Crippen LogP contribution < -0.4 is 0 Å². The Morgan fingerprint density at radius 2 is 1.31 bits per heavy atom. The van der Waals surface area contributed by atoms with Gasteiger partial charge in [-0.25, -0.2) is 4.79 Å². The molecule has 0 aromatic rings. The van der Waals surface area contributed by atoms with Crippen LogP contribution in [0.15, 0.2) is 11.6 Å². The molecule has 2 aliphatic rings. The van der Waals surface area contributed by atoms with Gasteiger partial charge >= 0.3 is 5.97 Å². The average molecular weight is 597 g/mol. The molecule has 0 saturated carbocycles. The highest BCUT2D eigenvalue weighted by molar-refractivity contribution is 5.90. The summed E-state index contributed by atoms with van der Waals surface area (Å²) < 4.78 is 11.2. The van der Waals surface area contributed by atoms with E-state index in [2.05, 4.69) is 6.92 Å². The van der Waals surface area contributed by atoms with Crippen molar-refractivity contribution in [1.29, 1.82) is 0 Å². The molecular weight excluding hydrogens is 532 g/mol. The van der Waals surface area contributed by atoms with E-state index in [4.69, 9.17) is 9.47 Å². The molecule has 246 valence electrons. The van der Waals surface area contributed by atoms with Crippen LogP contribution >= 0.6 is 0 Å². The number of esters is 1. The molecule has 0 aromatic carbocycles. The van der Waals surface area contributed by atoms with Gasteiger partial charge in [0.2, 0.25) is 0 Å². The third-order valence-electron chi connectivity index (χ3n) is 9.14. The first-order valence-electron chi connectivity index (χ1n) is 17.6. The molecule has 0 bridgehead atoms. The normalized spacial score (nSPS) is 23.5. The van der Waals surface area contributed by atoms with Crippen molar-refractivity contribution in [3.63, 3.8) is 0 Å². The fraction of sp³-hybridized carbons (Fsp3) is 0.914.